The molecule has 0 radical (unpaired) electrons. The Labute approximate surface area is 177 Å². The smallest absolute Gasteiger partial charge is 0.237 e. The van der Waals surface area contributed by atoms with Gasteiger partial charge in [-0.2, -0.15) is 5.26 Å². The Morgan fingerprint density at radius 1 is 1.28 bits per heavy atom. The number of anilines is 1. The van der Waals surface area contributed by atoms with Crippen molar-refractivity contribution in [3.63, 3.8) is 0 Å². The predicted octanol–water partition coefficient (Wildman–Crippen LogP) is 4.79. The lowest BCUT2D eigenvalue weighted by Crippen LogP contribution is -2.30. The van der Waals surface area contributed by atoms with Crippen LogP contribution in [0.5, 0.6) is 0 Å². The van der Waals surface area contributed by atoms with Crippen LogP contribution in [0.1, 0.15) is 49.6 Å². The molecule has 2 aliphatic rings. The maximum Gasteiger partial charge on any atom is 0.237 e. The number of thioether (sulfide) groups is 1. The Kier molecular flexibility index (Phi) is 5.40. The fourth-order valence-corrected chi connectivity index (χ4v) is 5.23. The maximum atomic E-state index is 12.8. The van der Waals surface area contributed by atoms with Gasteiger partial charge in [0.25, 0.3) is 0 Å². The molecule has 1 aromatic carbocycles. The lowest BCUT2D eigenvalue weighted by atomic mass is 9.71. The summed E-state index contributed by atoms with van der Waals surface area (Å²) in [6.07, 6.45) is 3.96. The second kappa shape index (κ2) is 7.84. The SMILES string of the molecule is CC(C)(C)C1CCc2nc(SCC(=O)N3CCc4ccccc43)c(C#N)cc2C1. The van der Waals surface area contributed by atoms with E-state index in [9.17, 15) is 10.1 Å². The number of aromatic nitrogens is 1. The van der Waals surface area contributed by atoms with Crippen molar-refractivity contribution < 1.29 is 4.79 Å². The zero-order valence-corrected chi connectivity index (χ0v) is 18.2. The largest absolute Gasteiger partial charge is 0.311 e. The van der Waals surface area contributed by atoms with Crippen LogP contribution in [0.15, 0.2) is 35.4 Å². The van der Waals surface area contributed by atoms with Crippen molar-refractivity contribution in [2.45, 2.75) is 51.5 Å². The van der Waals surface area contributed by atoms with Crippen LogP contribution < -0.4 is 4.90 Å². The Morgan fingerprint density at radius 2 is 2.07 bits per heavy atom. The van der Waals surface area contributed by atoms with E-state index in [4.69, 9.17) is 4.98 Å². The molecular formula is C24H27N3OS. The van der Waals surface area contributed by atoms with Crippen molar-refractivity contribution in [2.24, 2.45) is 11.3 Å². The number of carbonyl (C=O) groups is 1. The van der Waals surface area contributed by atoms with Gasteiger partial charge in [-0.25, -0.2) is 4.98 Å². The first-order chi connectivity index (χ1) is 13.9. The topological polar surface area (TPSA) is 57.0 Å². The molecule has 0 saturated carbocycles. The highest BCUT2D eigenvalue weighted by Gasteiger charge is 2.30. The average Bonchev–Trinajstić information content (AvgIpc) is 3.14. The Hall–Kier alpha value is -2.32. The number of aryl methyl sites for hydroxylation is 1. The van der Waals surface area contributed by atoms with E-state index in [2.05, 4.69) is 32.9 Å². The number of hydrogen-bond donors (Lipinski definition) is 0. The summed E-state index contributed by atoms with van der Waals surface area (Å²) in [5.41, 5.74) is 5.41. The normalized spacial score (nSPS) is 18.1. The number of rotatable bonds is 3. The van der Waals surface area contributed by atoms with Gasteiger partial charge in [-0.1, -0.05) is 50.7 Å². The second-order valence-electron chi connectivity index (χ2n) is 9.08. The monoisotopic (exact) mass is 405 g/mol. The van der Waals surface area contributed by atoms with Gasteiger partial charge in [0.05, 0.1) is 11.3 Å². The van der Waals surface area contributed by atoms with Crippen LogP contribution in [0, 0.1) is 22.7 Å². The van der Waals surface area contributed by atoms with Crippen molar-refractivity contribution in [3.05, 3.63) is 52.7 Å². The van der Waals surface area contributed by atoms with Crippen molar-refractivity contribution in [3.8, 4) is 6.07 Å². The zero-order valence-electron chi connectivity index (χ0n) is 17.4. The van der Waals surface area contributed by atoms with E-state index in [-0.39, 0.29) is 11.3 Å². The summed E-state index contributed by atoms with van der Waals surface area (Å²) in [5, 5.41) is 10.3. The van der Waals surface area contributed by atoms with Gasteiger partial charge in [-0.15, -0.1) is 0 Å². The molecule has 0 fully saturated rings. The minimum Gasteiger partial charge on any atom is -0.311 e. The van der Waals surface area contributed by atoms with Crippen molar-refractivity contribution in [1.29, 1.82) is 5.26 Å². The summed E-state index contributed by atoms with van der Waals surface area (Å²) in [6.45, 7) is 7.59. The van der Waals surface area contributed by atoms with Gasteiger partial charge in [-0.05, 0) is 60.3 Å². The number of hydrogen-bond acceptors (Lipinski definition) is 4. The highest BCUT2D eigenvalue weighted by Crippen LogP contribution is 2.38. The minimum absolute atomic E-state index is 0.0798. The molecule has 0 saturated heterocycles. The summed E-state index contributed by atoms with van der Waals surface area (Å²) >= 11 is 1.40. The molecule has 4 nitrogen and oxygen atoms in total. The summed E-state index contributed by atoms with van der Waals surface area (Å²) in [7, 11) is 0. The molecule has 1 aromatic heterocycles. The highest BCUT2D eigenvalue weighted by molar-refractivity contribution is 8.00. The van der Waals surface area contributed by atoms with Crippen LogP contribution >= 0.6 is 11.8 Å². The van der Waals surface area contributed by atoms with E-state index < -0.39 is 0 Å². The number of carbonyl (C=O) groups excluding carboxylic acids is 1. The predicted molar refractivity (Wildman–Crippen MR) is 117 cm³/mol. The second-order valence-corrected chi connectivity index (χ2v) is 10.0. The van der Waals surface area contributed by atoms with Crippen LogP contribution in [-0.2, 0) is 24.1 Å². The van der Waals surface area contributed by atoms with Crippen molar-refractivity contribution >= 4 is 23.4 Å². The van der Waals surface area contributed by atoms with Crippen LogP contribution in [-0.4, -0.2) is 23.2 Å². The standard InChI is InChI=1S/C24H27N3OS/c1-24(2,3)19-8-9-20-17(13-19)12-18(14-25)23(26-20)29-15-22(28)27-11-10-16-6-4-5-7-21(16)27/h4-7,12,19H,8-11,13,15H2,1-3H3. The average molecular weight is 406 g/mol. The number of pyridine rings is 1. The van der Waals surface area contributed by atoms with E-state index in [0.717, 1.165) is 43.6 Å². The number of fused-ring (bicyclic) bond motifs is 2. The number of amides is 1. The molecular weight excluding hydrogens is 378 g/mol. The molecule has 29 heavy (non-hydrogen) atoms. The number of nitriles is 1. The van der Waals surface area contributed by atoms with Crippen LogP contribution in [0.4, 0.5) is 5.69 Å². The van der Waals surface area contributed by atoms with Crippen molar-refractivity contribution in [1.82, 2.24) is 4.98 Å². The van der Waals surface area contributed by atoms with Gasteiger partial charge < -0.3 is 4.90 Å². The fraction of sp³-hybridized carbons (Fsp3) is 0.458. The molecule has 2 heterocycles. The number of benzene rings is 1. The van der Waals surface area contributed by atoms with Gasteiger partial charge >= 0.3 is 0 Å². The molecule has 1 unspecified atom stereocenters. The molecule has 150 valence electrons. The zero-order chi connectivity index (χ0) is 20.6. The summed E-state index contributed by atoms with van der Waals surface area (Å²) < 4.78 is 0. The van der Waals surface area contributed by atoms with Crippen LogP contribution in [0.3, 0.4) is 0 Å². The Bertz CT molecular complexity index is 987. The summed E-state index contributed by atoms with van der Waals surface area (Å²) in [5.74, 6) is 0.995. The highest BCUT2D eigenvalue weighted by atomic mass is 32.2. The van der Waals surface area contributed by atoms with Gasteiger partial charge in [0.2, 0.25) is 5.91 Å². The molecule has 5 heteroatoms. The molecule has 1 atom stereocenters. The summed E-state index contributed by atoms with van der Waals surface area (Å²) in [6, 6.07) is 12.4. The molecule has 0 bridgehead atoms. The fourth-order valence-electron chi connectivity index (χ4n) is 4.38. The van der Waals surface area contributed by atoms with Crippen molar-refractivity contribution in [2.75, 3.05) is 17.2 Å². The quantitative estimate of drug-likeness (QED) is 0.689. The molecule has 4 rings (SSSR count). The third kappa shape index (κ3) is 4.04. The van der Waals surface area contributed by atoms with E-state index in [1.54, 1.807) is 0 Å². The first-order valence-electron chi connectivity index (χ1n) is 10.3. The first kappa shape index (κ1) is 20.0. The van der Waals surface area contributed by atoms with E-state index >= 15 is 0 Å². The summed E-state index contributed by atoms with van der Waals surface area (Å²) in [4.78, 5) is 19.5. The van der Waals surface area contributed by atoms with Gasteiger partial charge in [0, 0.05) is 17.9 Å². The van der Waals surface area contributed by atoms with Gasteiger partial charge in [0.1, 0.15) is 11.1 Å². The third-order valence-electron chi connectivity index (χ3n) is 6.22. The first-order valence-corrected chi connectivity index (χ1v) is 11.3. The van der Waals surface area contributed by atoms with E-state index in [1.807, 2.05) is 29.2 Å². The van der Waals surface area contributed by atoms with Gasteiger partial charge in [-0.3, -0.25) is 4.79 Å². The lowest BCUT2D eigenvalue weighted by molar-refractivity contribution is -0.116. The number of nitrogens with zero attached hydrogens (tertiary/aromatic N) is 3. The number of para-hydroxylation sites is 1. The molecule has 2 aromatic rings. The molecule has 0 spiro atoms. The van der Waals surface area contributed by atoms with E-state index in [0.29, 0.717) is 22.3 Å². The van der Waals surface area contributed by atoms with Gasteiger partial charge in [0.15, 0.2) is 0 Å². The molecule has 0 N–H and O–H groups in total. The third-order valence-corrected chi connectivity index (χ3v) is 7.19. The van der Waals surface area contributed by atoms with Crippen LogP contribution in [0.25, 0.3) is 0 Å². The lowest BCUT2D eigenvalue weighted by Gasteiger charge is -2.34. The molecule has 1 aliphatic carbocycles. The van der Waals surface area contributed by atoms with E-state index in [1.165, 1.54) is 22.9 Å². The Balaban J connectivity index is 1.49. The molecule has 1 aliphatic heterocycles. The Morgan fingerprint density at radius 3 is 2.83 bits per heavy atom. The van der Waals surface area contributed by atoms with Crippen LogP contribution in [0.2, 0.25) is 0 Å². The maximum absolute atomic E-state index is 12.8. The molecule has 1 amide bonds. The minimum atomic E-state index is 0.0798.